The van der Waals surface area contributed by atoms with Crippen LogP contribution in [0.25, 0.3) is 0 Å². The van der Waals surface area contributed by atoms with Gasteiger partial charge >= 0.3 is 0 Å². The maximum absolute atomic E-state index is 13.2. The van der Waals surface area contributed by atoms with E-state index in [1.54, 1.807) is 6.07 Å². The van der Waals surface area contributed by atoms with Gasteiger partial charge < -0.3 is 5.11 Å². The molecule has 5 nitrogen and oxygen atoms in total. The van der Waals surface area contributed by atoms with E-state index in [0.717, 1.165) is 18.2 Å². The van der Waals surface area contributed by atoms with Crippen molar-refractivity contribution in [2.45, 2.75) is 11.3 Å². The summed E-state index contributed by atoms with van der Waals surface area (Å²) >= 11 is 0. The van der Waals surface area contributed by atoms with Gasteiger partial charge in [0.1, 0.15) is 11.9 Å². The first-order chi connectivity index (χ1) is 8.98. The topological polar surface area (TPSA) is 81.4 Å². The molecule has 1 heterocycles. The van der Waals surface area contributed by atoms with E-state index in [2.05, 4.69) is 0 Å². The highest BCUT2D eigenvalue weighted by atomic mass is 32.2. The number of halogens is 1. The van der Waals surface area contributed by atoms with Crippen LogP contribution in [-0.4, -0.2) is 37.5 Å². The highest BCUT2D eigenvalue weighted by molar-refractivity contribution is 7.89. The molecule has 7 heteroatoms. The molecule has 1 unspecified atom stereocenters. The number of aliphatic hydroxyl groups excluding tert-OH is 1. The lowest BCUT2D eigenvalue weighted by Gasteiger charge is -2.16. The summed E-state index contributed by atoms with van der Waals surface area (Å²) in [6, 6.07) is 4.79. The Hall–Kier alpha value is -1.49. The fraction of sp³-hybridized carbons (Fsp3) is 0.417. The van der Waals surface area contributed by atoms with Crippen molar-refractivity contribution in [3.8, 4) is 6.07 Å². The minimum absolute atomic E-state index is 0.0567. The van der Waals surface area contributed by atoms with Crippen molar-refractivity contribution in [2.24, 2.45) is 5.92 Å². The van der Waals surface area contributed by atoms with Crippen molar-refractivity contribution < 1.29 is 17.9 Å². The van der Waals surface area contributed by atoms with Crippen LogP contribution in [0.15, 0.2) is 23.1 Å². The molecule has 1 fully saturated rings. The first kappa shape index (κ1) is 13.9. The molecule has 2 rings (SSSR count). The molecule has 0 radical (unpaired) electrons. The van der Waals surface area contributed by atoms with Crippen molar-refractivity contribution in [1.29, 1.82) is 5.26 Å². The number of nitriles is 1. The molecular weight excluding hydrogens is 271 g/mol. The third-order valence-electron chi connectivity index (χ3n) is 3.20. The van der Waals surface area contributed by atoms with Crippen LogP contribution < -0.4 is 0 Å². The van der Waals surface area contributed by atoms with Crippen LogP contribution in [0.3, 0.4) is 0 Å². The number of rotatable bonds is 3. The number of aliphatic hydroxyl groups is 1. The molecule has 0 bridgehead atoms. The van der Waals surface area contributed by atoms with Gasteiger partial charge in [0.15, 0.2) is 0 Å². The SMILES string of the molecule is N#Cc1cc(S(=O)(=O)N2CCC(CO)C2)ccc1F. The summed E-state index contributed by atoms with van der Waals surface area (Å²) < 4.78 is 39.0. The van der Waals surface area contributed by atoms with Gasteiger partial charge in [0, 0.05) is 19.7 Å². The van der Waals surface area contributed by atoms with E-state index in [1.165, 1.54) is 4.31 Å². The predicted octanol–water partition coefficient (Wildman–Crippen LogP) is 0.700. The molecule has 0 amide bonds. The van der Waals surface area contributed by atoms with Gasteiger partial charge in [0.05, 0.1) is 10.5 Å². The smallest absolute Gasteiger partial charge is 0.243 e. The molecular formula is C12H13FN2O3S. The van der Waals surface area contributed by atoms with E-state index < -0.39 is 15.8 Å². The number of hydrogen-bond acceptors (Lipinski definition) is 4. The molecule has 1 saturated heterocycles. The molecule has 1 aliphatic rings. The first-order valence-corrected chi connectivity index (χ1v) is 7.23. The van der Waals surface area contributed by atoms with E-state index in [4.69, 9.17) is 10.4 Å². The second-order valence-corrected chi connectivity index (χ2v) is 6.39. The lowest BCUT2D eigenvalue weighted by molar-refractivity contribution is 0.233. The van der Waals surface area contributed by atoms with Gasteiger partial charge in [0.25, 0.3) is 0 Å². The molecule has 0 saturated carbocycles. The molecule has 19 heavy (non-hydrogen) atoms. The van der Waals surface area contributed by atoms with Crippen LogP contribution in [0.4, 0.5) is 4.39 Å². The van der Waals surface area contributed by atoms with E-state index in [0.29, 0.717) is 13.0 Å². The summed E-state index contributed by atoms with van der Waals surface area (Å²) in [7, 11) is -3.73. The average molecular weight is 284 g/mol. The molecule has 1 aliphatic heterocycles. The van der Waals surface area contributed by atoms with Gasteiger partial charge in [-0.15, -0.1) is 0 Å². The van der Waals surface area contributed by atoms with Crippen LogP contribution in [-0.2, 0) is 10.0 Å². The van der Waals surface area contributed by atoms with E-state index in [1.807, 2.05) is 0 Å². The molecule has 0 spiro atoms. The second-order valence-electron chi connectivity index (χ2n) is 4.45. The Bertz CT molecular complexity index is 624. The average Bonchev–Trinajstić information content (AvgIpc) is 2.88. The van der Waals surface area contributed by atoms with Gasteiger partial charge in [-0.2, -0.15) is 9.57 Å². The third kappa shape index (κ3) is 2.61. The Morgan fingerprint density at radius 1 is 1.53 bits per heavy atom. The van der Waals surface area contributed by atoms with Gasteiger partial charge in [-0.05, 0) is 30.5 Å². The Morgan fingerprint density at radius 2 is 2.26 bits per heavy atom. The van der Waals surface area contributed by atoms with Gasteiger partial charge in [0.2, 0.25) is 10.0 Å². The third-order valence-corrected chi connectivity index (χ3v) is 5.06. The number of benzene rings is 1. The Balaban J connectivity index is 2.33. The number of nitrogens with zero attached hydrogens (tertiary/aromatic N) is 2. The summed E-state index contributed by atoms with van der Waals surface area (Å²) in [4.78, 5) is -0.0935. The summed E-state index contributed by atoms with van der Waals surface area (Å²) in [5, 5.41) is 17.7. The van der Waals surface area contributed by atoms with Gasteiger partial charge in [-0.3, -0.25) is 0 Å². The zero-order valence-electron chi connectivity index (χ0n) is 10.1. The van der Waals surface area contributed by atoms with Crippen LogP contribution in [0.5, 0.6) is 0 Å². The summed E-state index contributed by atoms with van der Waals surface area (Å²) in [6.07, 6.45) is 0.599. The molecule has 1 N–H and O–H groups in total. The minimum Gasteiger partial charge on any atom is -0.396 e. The van der Waals surface area contributed by atoms with Gasteiger partial charge in [-0.25, -0.2) is 12.8 Å². The minimum atomic E-state index is -3.73. The van der Waals surface area contributed by atoms with Crippen LogP contribution in [0, 0.1) is 23.1 Å². The fourth-order valence-corrected chi connectivity index (χ4v) is 3.62. The van der Waals surface area contributed by atoms with E-state index >= 15 is 0 Å². The zero-order valence-corrected chi connectivity index (χ0v) is 10.9. The second kappa shape index (κ2) is 5.25. The standard InChI is InChI=1S/C12H13FN2O3S/c13-12-2-1-11(5-10(12)6-14)19(17,18)15-4-3-9(7-15)8-16/h1-2,5,9,16H,3-4,7-8H2. The molecule has 102 valence electrons. The van der Waals surface area contributed by atoms with Crippen LogP contribution in [0.2, 0.25) is 0 Å². The van der Waals surface area contributed by atoms with Crippen molar-refractivity contribution >= 4 is 10.0 Å². The zero-order chi connectivity index (χ0) is 14.0. The monoisotopic (exact) mass is 284 g/mol. The maximum atomic E-state index is 13.2. The normalized spacial score (nSPS) is 20.4. The highest BCUT2D eigenvalue weighted by Crippen LogP contribution is 2.25. The van der Waals surface area contributed by atoms with Crippen LogP contribution in [0.1, 0.15) is 12.0 Å². The predicted molar refractivity (Wildman–Crippen MR) is 65.1 cm³/mol. The fourth-order valence-electron chi connectivity index (χ4n) is 2.06. The summed E-state index contributed by atoms with van der Waals surface area (Å²) in [5.41, 5.74) is -0.293. The van der Waals surface area contributed by atoms with Crippen molar-refractivity contribution in [3.05, 3.63) is 29.6 Å². The molecule has 0 aromatic heterocycles. The van der Waals surface area contributed by atoms with Crippen LogP contribution >= 0.6 is 0 Å². The van der Waals surface area contributed by atoms with E-state index in [-0.39, 0.29) is 29.5 Å². The Kier molecular flexibility index (Phi) is 3.85. The van der Waals surface area contributed by atoms with Crippen molar-refractivity contribution in [1.82, 2.24) is 4.31 Å². The Labute approximate surface area is 110 Å². The number of sulfonamides is 1. The highest BCUT2D eigenvalue weighted by Gasteiger charge is 2.32. The maximum Gasteiger partial charge on any atom is 0.243 e. The van der Waals surface area contributed by atoms with Crippen molar-refractivity contribution in [2.75, 3.05) is 19.7 Å². The lowest BCUT2D eigenvalue weighted by Crippen LogP contribution is -2.29. The van der Waals surface area contributed by atoms with Crippen molar-refractivity contribution in [3.63, 3.8) is 0 Å². The number of hydrogen-bond donors (Lipinski definition) is 1. The van der Waals surface area contributed by atoms with Gasteiger partial charge in [-0.1, -0.05) is 0 Å². The quantitative estimate of drug-likeness (QED) is 0.886. The van der Waals surface area contributed by atoms with E-state index in [9.17, 15) is 12.8 Å². The Morgan fingerprint density at radius 3 is 2.84 bits per heavy atom. The first-order valence-electron chi connectivity index (χ1n) is 5.79. The summed E-state index contributed by atoms with van der Waals surface area (Å²) in [6.45, 7) is 0.518. The molecule has 1 aromatic carbocycles. The molecule has 0 aliphatic carbocycles. The summed E-state index contributed by atoms with van der Waals surface area (Å²) in [5.74, 6) is -0.804. The largest absolute Gasteiger partial charge is 0.396 e. The molecule has 1 atom stereocenters. The molecule has 1 aromatic rings. The lowest BCUT2D eigenvalue weighted by atomic mass is 10.1.